The highest BCUT2D eigenvalue weighted by Crippen LogP contribution is 2.21. The van der Waals surface area contributed by atoms with Gasteiger partial charge in [-0.05, 0) is 28.5 Å². The van der Waals surface area contributed by atoms with Gasteiger partial charge in [-0.3, -0.25) is 10.2 Å². The fraction of sp³-hybridized carbons (Fsp3) is 0.333. The number of amidine groups is 1. The zero-order valence-electron chi connectivity index (χ0n) is 13.8. The summed E-state index contributed by atoms with van der Waals surface area (Å²) in [6.07, 6.45) is 0. The highest BCUT2D eigenvalue weighted by atomic mass is 35.5. The Labute approximate surface area is 156 Å². The number of anilines is 1. The molecule has 1 aliphatic rings. The lowest BCUT2D eigenvalue weighted by molar-refractivity contribution is -0.136. The van der Waals surface area contributed by atoms with E-state index < -0.39 is 17.4 Å². The standard InChI is InChI=1S/C15H15ClF2N6O3/c16-9-5-8(1-2-10(9)17)22-12(19)11-13(24-27-23-11)26-4-3-21-14(25)15(18)6-20-7-15/h1-2,5,20H,3-4,6-7H2,(H2,19,22)(H,21,25). The molecule has 1 aromatic heterocycles. The molecule has 1 aromatic carbocycles. The summed E-state index contributed by atoms with van der Waals surface area (Å²) < 4.78 is 36.8. The first-order chi connectivity index (χ1) is 12.9. The Morgan fingerprint density at radius 2 is 2.22 bits per heavy atom. The van der Waals surface area contributed by atoms with Crippen molar-refractivity contribution in [1.82, 2.24) is 20.9 Å². The third kappa shape index (κ3) is 4.31. The van der Waals surface area contributed by atoms with E-state index in [4.69, 9.17) is 21.7 Å². The van der Waals surface area contributed by atoms with Crippen LogP contribution in [0.5, 0.6) is 5.88 Å². The zero-order chi connectivity index (χ0) is 19.4. The number of hydrogen-bond donors (Lipinski definition) is 4. The molecule has 1 aliphatic heterocycles. The number of carbonyl (C=O) groups excluding carboxylic acids is 1. The summed E-state index contributed by atoms with van der Waals surface area (Å²) >= 11 is 5.69. The van der Waals surface area contributed by atoms with Crippen molar-refractivity contribution in [3.05, 3.63) is 34.7 Å². The van der Waals surface area contributed by atoms with Gasteiger partial charge in [0.1, 0.15) is 12.4 Å². The van der Waals surface area contributed by atoms with Crippen LogP contribution in [0.25, 0.3) is 0 Å². The molecule has 0 aliphatic carbocycles. The third-order valence-electron chi connectivity index (χ3n) is 3.73. The van der Waals surface area contributed by atoms with E-state index in [1.54, 1.807) is 0 Å². The minimum absolute atomic E-state index is 0.0206. The molecule has 9 nitrogen and oxygen atoms in total. The zero-order valence-corrected chi connectivity index (χ0v) is 14.6. The number of amides is 1. The molecule has 4 N–H and O–H groups in total. The Balaban J connectivity index is 1.51. The first-order valence-corrected chi connectivity index (χ1v) is 8.21. The number of hydrogen-bond acceptors (Lipinski definition) is 7. The Morgan fingerprint density at radius 1 is 1.44 bits per heavy atom. The number of rotatable bonds is 7. The monoisotopic (exact) mass is 400 g/mol. The molecule has 2 heterocycles. The van der Waals surface area contributed by atoms with Crippen LogP contribution in [-0.2, 0) is 4.79 Å². The molecule has 2 aromatic rings. The average Bonchev–Trinajstić information content (AvgIpc) is 3.08. The summed E-state index contributed by atoms with van der Waals surface area (Å²) in [7, 11) is 0. The van der Waals surface area contributed by atoms with Crippen LogP contribution >= 0.6 is 11.6 Å². The SMILES string of the molecule is N=C(Nc1ccc(F)c(Cl)c1)c1nonc1OCCNC(=O)C1(F)CNC1. The van der Waals surface area contributed by atoms with E-state index in [9.17, 15) is 13.6 Å². The maximum absolute atomic E-state index is 13.8. The molecular formula is C15H15ClF2N6O3. The number of ether oxygens (including phenoxy) is 1. The topological polar surface area (TPSA) is 125 Å². The van der Waals surface area contributed by atoms with Gasteiger partial charge in [-0.1, -0.05) is 11.6 Å². The lowest BCUT2D eigenvalue weighted by Gasteiger charge is -2.33. The molecule has 1 fully saturated rings. The molecule has 0 saturated carbocycles. The van der Waals surface area contributed by atoms with E-state index in [0.29, 0.717) is 5.69 Å². The second-order valence-corrected chi connectivity index (χ2v) is 6.13. The van der Waals surface area contributed by atoms with Gasteiger partial charge in [-0.15, -0.1) is 0 Å². The first-order valence-electron chi connectivity index (χ1n) is 7.83. The highest BCUT2D eigenvalue weighted by molar-refractivity contribution is 6.31. The molecule has 1 saturated heterocycles. The lowest BCUT2D eigenvalue weighted by atomic mass is 9.99. The number of carbonyl (C=O) groups is 1. The summed E-state index contributed by atoms with van der Waals surface area (Å²) in [5.74, 6) is -1.61. The molecule has 1 amide bonds. The maximum Gasteiger partial charge on any atom is 0.287 e. The van der Waals surface area contributed by atoms with E-state index in [0.717, 1.165) is 6.07 Å². The van der Waals surface area contributed by atoms with Gasteiger partial charge >= 0.3 is 0 Å². The molecule has 0 spiro atoms. The van der Waals surface area contributed by atoms with E-state index in [1.807, 2.05) is 0 Å². The van der Waals surface area contributed by atoms with Crippen LogP contribution in [0.3, 0.4) is 0 Å². The van der Waals surface area contributed by atoms with Crippen molar-refractivity contribution >= 4 is 29.0 Å². The molecule has 0 unspecified atom stereocenters. The minimum Gasteiger partial charge on any atom is -0.472 e. The van der Waals surface area contributed by atoms with Gasteiger partial charge in [0.2, 0.25) is 11.4 Å². The van der Waals surface area contributed by atoms with Crippen molar-refractivity contribution in [2.24, 2.45) is 0 Å². The molecule has 0 radical (unpaired) electrons. The van der Waals surface area contributed by atoms with Crippen LogP contribution in [-0.4, -0.2) is 54.0 Å². The van der Waals surface area contributed by atoms with Crippen molar-refractivity contribution in [3.8, 4) is 5.88 Å². The molecule has 0 bridgehead atoms. The van der Waals surface area contributed by atoms with Crippen LogP contribution in [0.4, 0.5) is 14.5 Å². The van der Waals surface area contributed by atoms with Gasteiger partial charge in [-0.25, -0.2) is 13.4 Å². The molecule has 12 heteroatoms. The molecular weight excluding hydrogens is 386 g/mol. The number of nitrogens with zero attached hydrogens (tertiary/aromatic N) is 2. The highest BCUT2D eigenvalue weighted by Gasteiger charge is 2.44. The summed E-state index contributed by atoms with van der Waals surface area (Å²) in [6.45, 7) is -0.0438. The minimum atomic E-state index is -1.89. The number of aromatic nitrogens is 2. The summed E-state index contributed by atoms with van der Waals surface area (Å²) in [4.78, 5) is 11.6. The van der Waals surface area contributed by atoms with Gasteiger partial charge in [0.05, 0.1) is 11.6 Å². The van der Waals surface area contributed by atoms with Gasteiger partial charge in [0, 0.05) is 18.8 Å². The Kier molecular flexibility index (Phi) is 5.51. The molecule has 3 rings (SSSR count). The Morgan fingerprint density at radius 3 is 2.89 bits per heavy atom. The van der Waals surface area contributed by atoms with Crippen molar-refractivity contribution in [1.29, 1.82) is 5.41 Å². The summed E-state index contributed by atoms with van der Waals surface area (Å²) in [5, 5.41) is 22.7. The van der Waals surface area contributed by atoms with Gasteiger partial charge < -0.3 is 20.7 Å². The molecule has 0 atom stereocenters. The second-order valence-electron chi connectivity index (χ2n) is 5.72. The van der Waals surface area contributed by atoms with Crippen molar-refractivity contribution in [2.45, 2.75) is 5.67 Å². The van der Waals surface area contributed by atoms with Crippen molar-refractivity contribution < 1.29 is 22.9 Å². The smallest absolute Gasteiger partial charge is 0.287 e. The summed E-state index contributed by atoms with van der Waals surface area (Å²) in [5.41, 5.74) is -1.56. The van der Waals surface area contributed by atoms with E-state index >= 15 is 0 Å². The molecule has 144 valence electrons. The van der Waals surface area contributed by atoms with Gasteiger partial charge in [-0.2, -0.15) is 0 Å². The largest absolute Gasteiger partial charge is 0.472 e. The molecule has 27 heavy (non-hydrogen) atoms. The fourth-order valence-electron chi connectivity index (χ4n) is 2.18. The Bertz CT molecular complexity index is 858. The number of benzene rings is 1. The average molecular weight is 401 g/mol. The van der Waals surface area contributed by atoms with Crippen molar-refractivity contribution in [2.75, 3.05) is 31.6 Å². The van der Waals surface area contributed by atoms with Gasteiger partial charge in [0.25, 0.3) is 11.8 Å². The van der Waals surface area contributed by atoms with Crippen LogP contribution in [0.2, 0.25) is 5.02 Å². The van der Waals surface area contributed by atoms with Crippen LogP contribution in [0.1, 0.15) is 5.69 Å². The van der Waals surface area contributed by atoms with Crippen molar-refractivity contribution in [3.63, 3.8) is 0 Å². The van der Waals surface area contributed by atoms with Crippen LogP contribution in [0, 0.1) is 11.2 Å². The first kappa shape index (κ1) is 19.0. The summed E-state index contributed by atoms with van der Waals surface area (Å²) in [6, 6.07) is 3.84. The van der Waals surface area contributed by atoms with Crippen LogP contribution in [0.15, 0.2) is 22.8 Å². The quantitative estimate of drug-likeness (QED) is 0.311. The second kappa shape index (κ2) is 7.84. The Hall–Kier alpha value is -2.79. The van der Waals surface area contributed by atoms with E-state index in [1.165, 1.54) is 12.1 Å². The van der Waals surface area contributed by atoms with E-state index in [-0.39, 0.29) is 48.7 Å². The fourth-order valence-corrected chi connectivity index (χ4v) is 2.36. The normalized spacial score (nSPS) is 14.9. The lowest BCUT2D eigenvalue weighted by Crippen LogP contribution is -2.64. The predicted octanol–water partition coefficient (Wildman–Crippen LogP) is 1.11. The number of halogens is 3. The van der Waals surface area contributed by atoms with Crippen LogP contribution < -0.4 is 20.7 Å². The van der Waals surface area contributed by atoms with Gasteiger partial charge in [0.15, 0.2) is 5.84 Å². The number of alkyl halides is 1. The van der Waals surface area contributed by atoms with E-state index in [2.05, 4.69) is 30.9 Å². The predicted molar refractivity (Wildman–Crippen MR) is 91.4 cm³/mol. The number of nitrogens with one attached hydrogen (secondary N) is 4. The maximum atomic E-state index is 13.8. The third-order valence-corrected chi connectivity index (χ3v) is 4.02.